The normalized spacial score (nSPS) is 10.8. The number of carbonyl (C=O) groups is 1. The first kappa shape index (κ1) is 21.4. The van der Waals surface area contributed by atoms with Crippen LogP contribution in [0.3, 0.4) is 0 Å². The molecule has 2 heterocycles. The predicted octanol–water partition coefficient (Wildman–Crippen LogP) is 6.44. The Hall–Kier alpha value is -2.80. The molecule has 4 rings (SSSR count). The number of aromatic nitrogens is 2. The van der Waals surface area contributed by atoms with E-state index in [1.807, 2.05) is 48.7 Å². The fourth-order valence-electron chi connectivity index (χ4n) is 2.90. The molecule has 2 aromatic heterocycles. The van der Waals surface area contributed by atoms with Gasteiger partial charge in [-0.1, -0.05) is 47.0 Å². The molecule has 0 atom stereocenters. The molecule has 1 amide bonds. The zero-order valence-corrected chi connectivity index (χ0v) is 19.0. The number of aryl methyl sites for hydroxylation is 1. The summed E-state index contributed by atoms with van der Waals surface area (Å²) in [4.78, 5) is 13.2. The highest BCUT2D eigenvalue weighted by molar-refractivity contribution is 7.12. The summed E-state index contributed by atoms with van der Waals surface area (Å²) in [5, 5.41) is 10.1. The number of carbonyl (C=O) groups excluding carboxylic acids is 1. The lowest BCUT2D eigenvalue weighted by atomic mass is 10.2. The Balaban J connectivity index is 1.33. The van der Waals surface area contributed by atoms with Crippen molar-refractivity contribution in [1.82, 2.24) is 9.78 Å². The fraction of sp³-hybridized carbons (Fsp3) is 0.130. The van der Waals surface area contributed by atoms with Gasteiger partial charge >= 0.3 is 0 Å². The van der Waals surface area contributed by atoms with Gasteiger partial charge in [-0.2, -0.15) is 5.10 Å². The average Bonchev–Trinajstić information content (AvgIpc) is 3.40. The third kappa shape index (κ3) is 5.67. The Bertz CT molecular complexity index is 1200. The number of benzene rings is 2. The van der Waals surface area contributed by atoms with Crippen molar-refractivity contribution in [2.75, 3.05) is 5.32 Å². The van der Waals surface area contributed by atoms with Crippen LogP contribution in [0.25, 0.3) is 0 Å². The number of anilines is 1. The van der Waals surface area contributed by atoms with Crippen molar-refractivity contribution in [3.63, 3.8) is 0 Å². The summed E-state index contributed by atoms with van der Waals surface area (Å²) in [6.07, 6.45) is 3.39. The zero-order valence-electron chi connectivity index (χ0n) is 16.6. The number of rotatable bonds is 7. The first-order valence-corrected chi connectivity index (χ1v) is 11.1. The lowest BCUT2D eigenvalue weighted by Crippen LogP contribution is -2.09. The maximum atomic E-state index is 12.6. The number of nitrogens with zero attached hydrogens (tertiary/aromatic N) is 2. The number of nitrogens with one attached hydrogen (secondary N) is 1. The first-order chi connectivity index (χ1) is 15.0. The molecule has 0 saturated carbocycles. The van der Waals surface area contributed by atoms with E-state index in [0.717, 1.165) is 16.9 Å². The SMILES string of the molecule is Cc1ccc(OCc2csc(C(=O)Nc3cnn(Cc4ccc(Cl)c(Cl)c4)c3)c2)cc1. The summed E-state index contributed by atoms with van der Waals surface area (Å²) in [6, 6.07) is 15.2. The number of amides is 1. The number of halogens is 2. The van der Waals surface area contributed by atoms with Gasteiger partial charge in [0.2, 0.25) is 0 Å². The van der Waals surface area contributed by atoms with Gasteiger partial charge in [-0.05, 0) is 48.2 Å². The van der Waals surface area contributed by atoms with Crippen LogP contribution in [0.15, 0.2) is 66.3 Å². The quantitative estimate of drug-likeness (QED) is 0.337. The molecule has 0 aliphatic carbocycles. The predicted molar refractivity (Wildman–Crippen MR) is 126 cm³/mol. The van der Waals surface area contributed by atoms with Gasteiger partial charge in [-0.25, -0.2) is 0 Å². The van der Waals surface area contributed by atoms with Gasteiger partial charge in [0, 0.05) is 11.8 Å². The first-order valence-electron chi connectivity index (χ1n) is 9.51. The standard InChI is InChI=1S/C23H19Cl2N3O2S/c1-15-2-5-19(6-3-15)30-13-17-9-22(31-14-17)23(29)27-18-10-26-28(12-18)11-16-4-7-20(24)21(25)8-16/h2-10,12,14H,11,13H2,1H3,(H,27,29). The van der Waals surface area contributed by atoms with E-state index in [1.165, 1.54) is 16.9 Å². The summed E-state index contributed by atoms with van der Waals surface area (Å²) in [5.41, 5.74) is 3.72. The summed E-state index contributed by atoms with van der Waals surface area (Å²) in [7, 11) is 0. The van der Waals surface area contributed by atoms with Crippen LogP contribution in [0.2, 0.25) is 10.0 Å². The minimum Gasteiger partial charge on any atom is -0.489 e. The van der Waals surface area contributed by atoms with Gasteiger partial charge < -0.3 is 10.1 Å². The fourth-order valence-corrected chi connectivity index (χ4v) is 4.02. The molecule has 1 N–H and O–H groups in total. The summed E-state index contributed by atoms with van der Waals surface area (Å²) < 4.78 is 7.50. The maximum Gasteiger partial charge on any atom is 0.265 e. The molecule has 0 fully saturated rings. The van der Waals surface area contributed by atoms with Crippen LogP contribution < -0.4 is 10.1 Å². The third-order valence-corrected chi connectivity index (χ3v) is 6.24. The molecular weight excluding hydrogens is 453 g/mol. The van der Waals surface area contributed by atoms with E-state index >= 15 is 0 Å². The third-order valence-electron chi connectivity index (χ3n) is 4.52. The van der Waals surface area contributed by atoms with Crippen molar-refractivity contribution in [3.8, 4) is 5.75 Å². The second kappa shape index (κ2) is 9.56. The number of ether oxygens (including phenoxy) is 1. The van der Waals surface area contributed by atoms with Crippen LogP contribution in [-0.2, 0) is 13.2 Å². The van der Waals surface area contributed by atoms with Crippen molar-refractivity contribution < 1.29 is 9.53 Å². The molecule has 0 radical (unpaired) electrons. The van der Waals surface area contributed by atoms with Crippen molar-refractivity contribution in [2.24, 2.45) is 0 Å². The summed E-state index contributed by atoms with van der Waals surface area (Å²) in [6.45, 7) is 2.96. The van der Waals surface area contributed by atoms with Gasteiger partial charge in [-0.15, -0.1) is 11.3 Å². The lowest BCUT2D eigenvalue weighted by Gasteiger charge is -2.04. The largest absolute Gasteiger partial charge is 0.489 e. The van der Waals surface area contributed by atoms with Crippen LogP contribution in [0.1, 0.15) is 26.4 Å². The smallest absolute Gasteiger partial charge is 0.265 e. The van der Waals surface area contributed by atoms with Gasteiger partial charge in [0.05, 0.1) is 33.4 Å². The molecule has 0 aliphatic rings. The average molecular weight is 472 g/mol. The molecule has 31 heavy (non-hydrogen) atoms. The van der Waals surface area contributed by atoms with E-state index in [-0.39, 0.29) is 5.91 Å². The Morgan fingerprint density at radius 1 is 1.10 bits per heavy atom. The monoisotopic (exact) mass is 471 g/mol. The minimum absolute atomic E-state index is 0.180. The number of hydrogen-bond donors (Lipinski definition) is 1. The van der Waals surface area contributed by atoms with Crippen LogP contribution in [-0.4, -0.2) is 15.7 Å². The molecular formula is C23H19Cl2N3O2S. The number of thiophene rings is 1. The second-order valence-corrected chi connectivity index (χ2v) is 8.78. The van der Waals surface area contributed by atoms with E-state index in [9.17, 15) is 4.79 Å². The molecule has 2 aromatic carbocycles. The molecule has 0 unspecified atom stereocenters. The Kier molecular flexibility index (Phi) is 6.61. The Morgan fingerprint density at radius 3 is 2.68 bits per heavy atom. The molecule has 0 aliphatic heterocycles. The van der Waals surface area contributed by atoms with E-state index in [4.69, 9.17) is 27.9 Å². The van der Waals surface area contributed by atoms with E-state index in [1.54, 1.807) is 29.2 Å². The molecule has 0 saturated heterocycles. The van der Waals surface area contributed by atoms with Crippen LogP contribution in [0, 0.1) is 6.92 Å². The van der Waals surface area contributed by atoms with Gasteiger partial charge in [0.15, 0.2) is 0 Å². The molecule has 0 spiro atoms. The molecule has 8 heteroatoms. The molecule has 4 aromatic rings. The van der Waals surface area contributed by atoms with Gasteiger partial charge in [0.1, 0.15) is 12.4 Å². The molecule has 5 nitrogen and oxygen atoms in total. The highest BCUT2D eigenvalue weighted by Gasteiger charge is 2.11. The van der Waals surface area contributed by atoms with Crippen LogP contribution >= 0.6 is 34.5 Å². The van der Waals surface area contributed by atoms with Crippen molar-refractivity contribution >= 4 is 46.1 Å². The van der Waals surface area contributed by atoms with Crippen molar-refractivity contribution in [2.45, 2.75) is 20.1 Å². The van der Waals surface area contributed by atoms with E-state index < -0.39 is 0 Å². The number of hydrogen-bond acceptors (Lipinski definition) is 4. The van der Waals surface area contributed by atoms with Crippen LogP contribution in [0.4, 0.5) is 5.69 Å². The maximum absolute atomic E-state index is 12.6. The van der Waals surface area contributed by atoms with Crippen molar-refractivity contribution in [3.05, 3.63) is 97.9 Å². The molecule has 158 valence electrons. The van der Waals surface area contributed by atoms with E-state index in [0.29, 0.717) is 33.8 Å². The highest BCUT2D eigenvalue weighted by atomic mass is 35.5. The summed E-state index contributed by atoms with van der Waals surface area (Å²) >= 11 is 13.4. The summed E-state index contributed by atoms with van der Waals surface area (Å²) in [5.74, 6) is 0.623. The Labute approximate surface area is 194 Å². The van der Waals surface area contributed by atoms with Crippen molar-refractivity contribution in [1.29, 1.82) is 0 Å². The van der Waals surface area contributed by atoms with Gasteiger partial charge in [-0.3, -0.25) is 9.48 Å². The minimum atomic E-state index is -0.180. The van der Waals surface area contributed by atoms with Crippen LogP contribution in [0.5, 0.6) is 5.75 Å². The molecule has 0 bridgehead atoms. The second-order valence-electron chi connectivity index (χ2n) is 7.05. The lowest BCUT2D eigenvalue weighted by molar-refractivity contribution is 0.103. The zero-order chi connectivity index (χ0) is 21.8. The van der Waals surface area contributed by atoms with E-state index in [2.05, 4.69) is 10.4 Å². The van der Waals surface area contributed by atoms with Gasteiger partial charge in [0.25, 0.3) is 5.91 Å². The topological polar surface area (TPSA) is 56.1 Å². The Morgan fingerprint density at radius 2 is 1.90 bits per heavy atom. The highest BCUT2D eigenvalue weighted by Crippen LogP contribution is 2.23.